The van der Waals surface area contributed by atoms with Gasteiger partial charge in [-0.15, -0.1) is 0 Å². The Balaban J connectivity index is 2.46. The van der Waals surface area contributed by atoms with Gasteiger partial charge in [-0.1, -0.05) is 19.1 Å². The molecule has 1 aromatic carbocycles. The maximum absolute atomic E-state index is 9.55. The van der Waals surface area contributed by atoms with Crippen molar-refractivity contribution in [3.05, 3.63) is 29.8 Å². The standard InChI is InChI=1S/C14H23NO2/c1-4-13(15)11-5-7-12(8-6-11)17-10-9-14(2,3)16/h5-8,13,16H,4,9-10,15H2,1-3H3. The first kappa shape index (κ1) is 14.0. The molecule has 3 heteroatoms. The Hall–Kier alpha value is -1.06. The first-order valence-electron chi connectivity index (χ1n) is 6.13. The largest absolute Gasteiger partial charge is 0.493 e. The Morgan fingerprint density at radius 2 is 1.88 bits per heavy atom. The lowest BCUT2D eigenvalue weighted by molar-refractivity contribution is 0.0553. The van der Waals surface area contributed by atoms with Gasteiger partial charge in [0.05, 0.1) is 12.2 Å². The molecule has 0 heterocycles. The number of benzene rings is 1. The third kappa shape index (κ3) is 5.20. The lowest BCUT2D eigenvalue weighted by atomic mass is 10.1. The topological polar surface area (TPSA) is 55.5 Å². The van der Waals surface area contributed by atoms with Crippen LogP contribution in [0.1, 0.15) is 45.2 Å². The smallest absolute Gasteiger partial charge is 0.119 e. The molecule has 0 amide bonds. The monoisotopic (exact) mass is 237 g/mol. The molecule has 1 unspecified atom stereocenters. The fourth-order valence-electron chi connectivity index (χ4n) is 1.47. The number of ether oxygens (including phenoxy) is 1. The molecule has 0 spiro atoms. The van der Waals surface area contributed by atoms with E-state index < -0.39 is 5.60 Å². The molecule has 0 saturated carbocycles. The maximum Gasteiger partial charge on any atom is 0.119 e. The van der Waals surface area contributed by atoms with Crippen molar-refractivity contribution in [2.75, 3.05) is 6.61 Å². The first-order valence-corrected chi connectivity index (χ1v) is 6.13. The second-order valence-electron chi connectivity index (χ2n) is 4.99. The van der Waals surface area contributed by atoms with Gasteiger partial charge in [0, 0.05) is 12.5 Å². The van der Waals surface area contributed by atoms with Gasteiger partial charge in [-0.2, -0.15) is 0 Å². The summed E-state index contributed by atoms with van der Waals surface area (Å²) < 4.78 is 5.55. The Bertz CT molecular complexity index is 327. The summed E-state index contributed by atoms with van der Waals surface area (Å²) in [6.45, 7) is 6.14. The second kappa shape index (κ2) is 6.03. The Labute approximate surface area is 104 Å². The zero-order valence-corrected chi connectivity index (χ0v) is 10.9. The van der Waals surface area contributed by atoms with Crippen LogP contribution in [-0.4, -0.2) is 17.3 Å². The molecule has 0 radical (unpaired) electrons. The molecule has 0 aliphatic rings. The van der Waals surface area contributed by atoms with Gasteiger partial charge in [0.25, 0.3) is 0 Å². The number of rotatable bonds is 6. The van der Waals surface area contributed by atoms with E-state index in [-0.39, 0.29) is 6.04 Å². The predicted molar refractivity (Wildman–Crippen MR) is 70.1 cm³/mol. The summed E-state index contributed by atoms with van der Waals surface area (Å²) in [6, 6.07) is 7.94. The van der Waals surface area contributed by atoms with Crippen LogP contribution in [0.3, 0.4) is 0 Å². The highest BCUT2D eigenvalue weighted by atomic mass is 16.5. The van der Waals surface area contributed by atoms with Crippen LogP contribution in [0, 0.1) is 0 Å². The normalized spacial score (nSPS) is 13.5. The third-order valence-corrected chi connectivity index (χ3v) is 2.73. The van der Waals surface area contributed by atoms with Gasteiger partial charge in [0.1, 0.15) is 5.75 Å². The number of aliphatic hydroxyl groups is 1. The van der Waals surface area contributed by atoms with Crippen molar-refractivity contribution in [1.29, 1.82) is 0 Å². The maximum atomic E-state index is 9.55. The molecule has 0 aliphatic heterocycles. The highest BCUT2D eigenvalue weighted by molar-refractivity contribution is 5.28. The summed E-state index contributed by atoms with van der Waals surface area (Å²) >= 11 is 0. The molecule has 1 atom stereocenters. The van der Waals surface area contributed by atoms with Crippen molar-refractivity contribution >= 4 is 0 Å². The summed E-state index contributed by atoms with van der Waals surface area (Å²) in [5.41, 5.74) is 6.38. The quantitative estimate of drug-likeness (QED) is 0.799. The molecule has 0 aromatic heterocycles. The highest BCUT2D eigenvalue weighted by Gasteiger charge is 2.12. The molecule has 3 nitrogen and oxygen atoms in total. The van der Waals surface area contributed by atoms with Crippen molar-refractivity contribution in [2.24, 2.45) is 5.73 Å². The zero-order chi connectivity index (χ0) is 12.9. The lowest BCUT2D eigenvalue weighted by Gasteiger charge is -2.17. The Morgan fingerprint density at radius 3 is 2.35 bits per heavy atom. The van der Waals surface area contributed by atoms with Crippen molar-refractivity contribution in [1.82, 2.24) is 0 Å². The summed E-state index contributed by atoms with van der Waals surface area (Å²) in [5, 5.41) is 9.55. The van der Waals surface area contributed by atoms with Crippen LogP contribution < -0.4 is 10.5 Å². The number of hydrogen-bond acceptors (Lipinski definition) is 3. The average Bonchev–Trinajstić information content (AvgIpc) is 2.27. The molecule has 96 valence electrons. The highest BCUT2D eigenvalue weighted by Crippen LogP contribution is 2.19. The van der Waals surface area contributed by atoms with Crippen molar-refractivity contribution in [3.8, 4) is 5.75 Å². The number of nitrogens with two attached hydrogens (primary N) is 1. The third-order valence-electron chi connectivity index (χ3n) is 2.73. The fourth-order valence-corrected chi connectivity index (χ4v) is 1.47. The molecule has 1 rings (SSSR count). The second-order valence-corrected chi connectivity index (χ2v) is 4.99. The van der Waals surface area contributed by atoms with Crippen LogP contribution in [0.4, 0.5) is 0 Å². The van der Waals surface area contributed by atoms with E-state index in [1.165, 1.54) is 0 Å². The van der Waals surface area contributed by atoms with Crippen molar-refractivity contribution < 1.29 is 9.84 Å². The summed E-state index contributed by atoms with van der Waals surface area (Å²) in [5.74, 6) is 0.821. The van der Waals surface area contributed by atoms with Gasteiger partial charge in [-0.25, -0.2) is 0 Å². The molecular formula is C14H23NO2. The van der Waals surface area contributed by atoms with Gasteiger partial charge in [-0.05, 0) is 38.0 Å². The Morgan fingerprint density at radius 1 is 1.29 bits per heavy atom. The van der Waals surface area contributed by atoms with E-state index in [1.807, 2.05) is 24.3 Å². The van der Waals surface area contributed by atoms with Crippen LogP contribution >= 0.6 is 0 Å². The molecule has 0 aliphatic carbocycles. The van der Waals surface area contributed by atoms with E-state index in [1.54, 1.807) is 13.8 Å². The summed E-state index contributed by atoms with van der Waals surface area (Å²) in [7, 11) is 0. The van der Waals surface area contributed by atoms with E-state index in [9.17, 15) is 5.11 Å². The van der Waals surface area contributed by atoms with Gasteiger partial charge >= 0.3 is 0 Å². The molecular weight excluding hydrogens is 214 g/mol. The van der Waals surface area contributed by atoms with Crippen LogP contribution in [0.25, 0.3) is 0 Å². The molecule has 3 N–H and O–H groups in total. The van der Waals surface area contributed by atoms with Gasteiger partial charge < -0.3 is 15.6 Å². The molecule has 0 saturated heterocycles. The van der Waals surface area contributed by atoms with Crippen LogP contribution in [-0.2, 0) is 0 Å². The minimum absolute atomic E-state index is 0.0976. The van der Waals surface area contributed by atoms with Gasteiger partial charge in [-0.3, -0.25) is 0 Å². The van der Waals surface area contributed by atoms with E-state index in [0.717, 1.165) is 17.7 Å². The first-order chi connectivity index (χ1) is 7.92. The van der Waals surface area contributed by atoms with Crippen LogP contribution in [0.15, 0.2) is 24.3 Å². The molecule has 1 aromatic rings. The zero-order valence-electron chi connectivity index (χ0n) is 10.9. The van der Waals surface area contributed by atoms with E-state index in [0.29, 0.717) is 13.0 Å². The summed E-state index contributed by atoms with van der Waals surface area (Å²) in [4.78, 5) is 0. The Kier molecular flexibility index (Phi) is 4.97. The van der Waals surface area contributed by atoms with Crippen LogP contribution in [0.5, 0.6) is 5.75 Å². The number of hydrogen-bond donors (Lipinski definition) is 2. The molecule has 0 bridgehead atoms. The van der Waals surface area contributed by atoms with Crippen molar-refractivity contribution in [3.63, 3.8) is 0 Å². The van der Waals surface area contributed by atoms with E-state index >= 15 is 0 Å². The molecule has 0 fully saturated rings. The summed E-state index contributed by atoms with van der Waals surface area (Å²) in [6.07, 6.45) is 1.54. The van der Waals surface area contributed by atoms with E-state index in [4.69, 9.17) is 10.5 Å². The van der Waals surface area contributed by atoms with Gasteiger partial charge in [0.15, 0.2) is 0 Å². The van der Waals surface area contributed by atoms with Crippen LogP contribution in [0.2, 0.25) is 0 Å². The fraction of sp³-hybridized carbons (Fsp3) is 0.571. The lowest BCUT2D eigenvalue weighted by Crippen LogP contribution is -2.21. The van der Waals surface area contributed by atoms with Gasteiger partial charge in [0.2, 0.25) is 0 Å². The SMILES string of the molecule is CCC(N)c1ccc(OCCC(C)(C)O)cc1. The van der Waals surface area contributed by atoms with E-state index in [2.05, 4.69) is 6.92 Å². The van der Waals surface area contributed by atoms with Crippen molar-refractivity contribution in [2.45, 2.75) is 45.3 Å². The predicted octanol–water partition coefficient (Wildman–Crippen LogP) is 2.64. The minimum atomic E-state index is -0.676. The molecule has 17 heavy (non-hydrogen) atoms. The minimum Gasteiger partial charge on any atom is -0.493 e. The average molecular weight is 237 g/mol.